The summed E-state index contributed by atoms with van der Waals surface area (Å²) in [6, 6.07) is 3.71. The molecule has 15 heavy (non-hydrogen) atoms. The van der Waals surface area contributed by atoms with Gasteiger partial charge in [0.1, 0.15) is 0 Å². The van der Waals surface area contributed by atoms with Gasteiger partial charge in [0.15, 0.2) is 0 Å². The highest BCUT2D eigenvalue weighted by atomic mass is 32.1. The SMILES string of the molecule is O=C(NCc1cccs1)[C@H]1C[C@@H](O)CN1. The third-order valence-corrected chi connectivity index (χ3v) is 3.32. The fourth-order valence-electron chi connectivity index (χ4n) is 1.63. The minimum absolute atomic E-state index is 0.0278. The molecule has 0 unspecified atom stereocenters. The van der Waals surface area contributed by atoms with Crippen LogP contribution in [0.4, 0.5) is 0 Å². The number of thiophene rings is 1. The molecule has 0 aromatic carbocycles. The van der Waals surface area contributed by atoms with Gasteiger partial charge >= 0.3 is 0 Å². The Morgan fingerprint density at radius 3 is 3.20 bits per heavy atom. The molecule has 0 radical (unpaired) electrons. The lowest BCUT2D eigenvalue weighted by atomic mass is 10.2. The zero-order valence-corrected chi connectivity index (χ0v) is 9.09. The van der Waals surface area contributed by atoms with E-state index in [-0.39, 0.29) is 18.1 Å². The van der Waals surface area contributed by atoms with Gasteiger partial charge in [-0.25, -0.2) is 0 Å². The Hall–Kier alpha value is -0.910. The Morgan fingerprint density at radius 2 is 2.60 bits per heavy atom. The number of rotatable bonds is 3. The number of hydrogen-bond acceptors (Lipinski definition) is 4. The number of hydrogen-bond donors (Lipinski definition) is 3. The van der Waals surface area contributed by atoms with Crippen molar-refractivity contribution in [2.75, 3.05) is 6.54 Å². The first-order chi connectivity index (χ1) is 7.25. The van der Waals surface area contributed by atoms with Gasteiger partial charge in [-0.1, -0.05) is 6.07 Å². The van der Waals surface area contributed by atoms with Gasteiger partial charge in [-0.15, -0.1) is 11.3 Å². The molecular weight excluding hydrogens is 212 g/mol. The average molecular weight is 226 g/mol. The number of β-amino-alcohol motifs (C(OH)–C–C–N with tert-alkyl or cyclic N) is 1. The lowest BCUT2D eigenvalue weighted by Gasteiger charge is -2.09. The lowest BCUT2D eigenvalue weighted by molar-refractivity contribution is -0.123. The van der Waals surface area contributed by atoms with Gasteiger partial charge < -0.3 is 15.7 Å². The summed E-state index contributed by atoms with van der Waals surface area (Å²) in [6.07, 6.45) is 0.124. The molecule has 1 amide bonds. The molecule has 3 N–H and O–H groups in total. The van der Waals surface area contributed by atoms with E-state index in [1.165, 1.54) is 0 Å². The van der Waals surface area contributed by atoms with E-state index in [1.807, 2.05) is 17.5 Å². The van der Waals surface area contributed by atoms with Gasteiger partial charge in [0, 0.05) is 11.4 Å². The molecule has 0 spiro atoms. The van der Waals surface area contributed by atoms with Crippen LogP contribution in [0.25, 0.3) is 0 Å². The summed E-state index contributed by atoms with van der Waals surface area (Å²) in [5, 5.41) is 17.1. The maximum atomic E-state index is 11.6. The van der Waals surface area contributed by atoms with E-state index >= 15 is 0 Å². The van der Waals surface area contributed by atoms with Crippen LogP contribution in [-0.2, 0) is 11.3 Å². The van der Waals surface area contributed by atoms with Crippen LogP contribution >= 0.6 is 11.3 Å². The third-order valence-electron chi connectivity index (χ3n) is 2.44. The first-order valence-electron chi connectivity index (χ1n) is 4.97. The Kier molecular flexibility index (Phi) is 3.35. The van der Waals surface area contributed by atoms with Crippen molar-refractivity contribution in [2.24, 2.45) is 0 Å². The molecule has 5 heteroatoms. The molecule has 0 saturated carbocycles. The van der Waals surface area contributed by atoms with Crippen LogP contribution < -0.4 is 10.6 Å². The molecule has 2 heterocycles. The molecule has 1 saturated heterocycles. The molecule has 1 aromatic rings. The van der Waals surface area contributed by atoms with Crippen LogP contribution in [0.5, 0.6) is 0 Å². The zero-order chi connectivity index (χ0) is 10.7. The highest BCUT2D eigenvalue weighted by Gasteiger charge is 2.27. The maximum Gasteiger partial charge on any atom is 0.237 e. The van der Waals surface area contributed by atoms with Gasteiger partial charge in [0.05, 0.1) is 18.7 Å². The molecule has 1 aliphatic heterocycles. The van der Waals surface area contributed by atoms with Crippen LogP contribution in [0.3, 0.4) is 0 Å². The van der Waals surface area contributed by atoms with E-state index in [4.69, 9.17) is 0 Å². The number of carbonyl (C=O) groups is 1. The topological polar surface area (TPSA) is 61.4 Å². The van der Waals surface area contributed by atoms with Crippen LogP contribution in [0.15, 0.2) is 17.5 Å². The van der Waals surface area contributed by atoms with Crippen molar-refractivity contribution in [3.8, 4) is 0 Å². The summed E-state index contributed by atoms with van der Waals surface area (Å²) in [5.41, 5.74) is 0. The van der Waals surface area contributed by atoms with E-state index < -0.39 is 0 Å². The molecule has 4 nitrogen and oxygen atoms in total. The Bertz CT molecular complexity index is 326. The normalized spacial score (nSPS) is 25.4. The van der Waals surface area contributed by atoms with Gasteiger partial charge in [-0.05, 0) is 17.9 Å². The third kappa shape index (κ3) is 2.77. The van der Waals surface area contributed by atoms with Gasteiger partial charge in [-0.3, -0.25) is 4.79 Å². The van der Waals surface area contributed by atoms with E-state index in [0.717, 1.165) is 4.88 Å². The molecule has 1 aromatic heterocycles. The number of carbonyl (C=O) groups excluding carboxylic acids is 1. The molecular formula is C10H14N2O2S. The summed E-state index contributed by atoms with van der Waals surface area (Å²) < 4.78 is 0. The molecule has 1 fully saturated rings. The van der Waals surface area contributed by atoms with Crippen molar-refractivity contribution < 1.29 is 9.90 Å². The van der Waals surface area contributed by atoms with E-state index in [2.05, 4.69) is 10.6 Å². The minimum Gasteiger partial charge on any atom is -0.392 e. The van der Waals surface area contributed by atoms with Crippen molar-refractivity contribution in [3.05, 3.63) is 22.4 Å². The number of aliphatic hydroxyl groups is 1. The van der Waals surface area contributed by atoms with Crippen molar-refractivity contribution in [2.45, 2.75) is 25.1 Å². The molecule has 2 atom stereocenters. The van der Waals surface area contributed by atoms with Crippen molar-refractivity contribution in [3.63, 3.8) is 0 Å². The monoisotopic (exact) mass is 226 g/mol. The molecule has 0 bridgehead atoms. The average Bonchev–Trinajstić information content (AvgIpc) is 2.84. The minimum atomic E-state index is -0.387. The second-order valence-corrected chi connectivity index (χ2v) is 4.68. The first kappa shape index (κ1) is 10.6. The highest BCUT2D eigenvalue weighted by Crippen LogP contribution is 2.09. The standard InChI is InChI=1S/C10H14N2O2S/c13-7-4-9(11-5-7)10(14)12-6-8-2-1-3-15-8/h1-3,7,9,11,13H,4-6H2,(H,12,14)/t7-,9-/m1/s1. The fourth-order valence-corrected chi connectivity index (χ4v) is 2.27. The predicted molar refractivity (Wildman–Crippen MR) is 58.6 cm³/mol. The molecule has 82 valence electrons. The quantitative estimate of drug-likeness (QED) is 0.684. The van der Waals surface area contributed by atoms with E-state index in [0.29, 0.717) is 19.5 Å². The van der Waals surface area contributed by atoms with Crippen LogP contribution in [-0.4, -0.2) is 29.7 Å². The Balaban J connectivity index is 1.78. The maximum absolute atomic E-state index is 11.6. The van der Waals surface area contributed by atoms with Crippen molar-refractivity contribution >= 4 is 17.2 Å². The van der Waals surface area contributed by atoms with Crippen LogP contribution in [0, 0.1) is 0 Å². The van der Waals surface area contributed by atoms with Gasteiger partial charge in [0.25, 0.3) is 0 Å². The lowest BCUT2D eigenvalue weighted by Crippen LogP contribution is -2.39. The summed E-state index contributed by atoms with van der Waals surface area (Å²) in [5.74, 6) is -0.0278. The largest absolute Gasteiger partial charge is 0.392 e. The summed E-state index contributed by atoms with van der Waals surface area (Å²) in [6.45, 7) is 1.09. The smallest absolute Gasteiger partial charge is 0.237 e. The molecule has 0 aliphatic carbocycles. The molecule has 1 aliphatic rings. The number of nitrogens with one attached hydrogen (secondary N) is 2. The zero-order valence-electron chi connectivity index (χ0n) is 8.27. The summed E-state index contributed by atoms with van der Waals surface area (Å²) in [7, 11) is 0. The summed E-state index contributed by atoms with van der Waals surface area (Å²) >= 11 is 1.62. The predicted octanol–water partition coefficient (Wildman–Crippen LogP) is 0.0871. The van der Waals surface area contributed by atoms with Gasteiger partial charge in [-0.2, -0.15) is 0 Å². The highest BCUT2D eigenvalue weighted by molar-refractivity contribution is 7.09. The van der Waals surface area contributed by atoms with E-state index in [9.17, 15) is 9.90 Å². The van der Waals surface area contributed by atoms with Crippen LogP contribution in [0.1, 0.15) is 11.3 Å². The number of amides is 1. The fraction of sp³-hybridized carbons (Fsp3) is 0.500. The summed E-state index contributed by atoms with van der Waals surface area (Å²) in [4.78, 5) is 12.7. The molecule has 2 rings (SSSR count). The van der Waals surface area contributed by atoms with Crippen molar-refractivity contribution in [1.29, 1.82) is 0 Å². The Morgan fingerprint density at radius 1 is 1.73 bits per heavy atom. The second kappa shape index (κ2) is 4.74. The van der Waals surface area contributed by atoms with Crippen molar-refractivity contribution in [1.82, 2.24) is 10.6 Å². The number of aliphatic hydroxyl groups excluding tert-OH is 1. The Labute approximate surface area is 92.3 Å². The van der Waals surface area contributed by atoms with E-state index in [1.54, 1.807) is 11.3 Å². The first-order valence-corrected chi connectivity index (χ1v) is 5.85. The van der Waals surface area contributed by atoms with Crippen LogP contribution in [0.2, 0.25) is 0 Å². The van der Waals surface area contributed by atoms with Gasteiger partial charge in [0.2, 0.25) is 5.91 Å². The second-order valence-electron chi connectivity index (χ2n) is 3.65.